The number of ketones is 2. The fraction of sp³-hybridized carbons (Fsp3) is 0.900. The third-order valence-electron chi connectivity index (χ3n) is 4.14. The molecule has 142 valence electrons. The van der Waals surface area contributed by atoms with E-state index >= 15 is 0 Å². The van der Waals surface area contributed by atoms with Gasteiger partial charge in [-0.25, -0.2) is 9.78 Å². The van der Waals surface area contributed by atoms with Crippen LogP contribution in [0.5, 0.6) is 0 Å². The average molecular weight is 343 g/mol. The van der Waals surface area contributed by atoms with Crippen molar-refractivity contribution >= 4 is 11.6 Å². The lowest BCUT2D eigenvalue weighted by Crippen LogP contribution is -2.13. The van der Waals surface area contributed by atoms with Gasteiger partial charge in [0, 0.05) is 12.8 Å². The van der Waals surface area contributed by atoms with E-state index in [4.69, 9.17) is 9.78 Å². The van der Waals surface area contributed by atoms with Gasteiger partial charge in [0.05, 0.1) is 0 Å². The van der Waals surface area contributed by atoms with E-state index in [1.165, 1.54) is 51.4 Å². The number of hydrogen-bond donors (Lipinski definition) is 0. The Hall–Kier alpha value is -0.740. The Bertz CT molecular complexity index is 272. The summed E-state index contributed by atoms with van der Waals surface area (Å²) in [6.07, 6.45) is 15.1. The van der Waals surface area contributed by atoms with E-state index in [9.17, 15) is 9.59 Å². The van der Waals surface area contributed by atoms with Gasteiger partial charge in [-0.15, -0.1) is 0 Å². The first-order chi connectivity index (χ1) is 11.7. The molecular weight excluding hydrogens is 304 g/mol. The van der Waals surface area contributed by atoms with Crippen molar-refractivity contribution in [1.29, 1.82) is 0 Å². The molecule has 0 heterocycles. The van der Waals surface area contributed by atoms with Crippen molar-refractivity contribution in [2.75, 3.05) is 13.2 Å². The molecule has 0 radical (unpaired) electrons. The summed E-state index contributed by atoms with van der Waals surface area (Å²) >= 11 is 0. The normalized spacial score (nSPS) is 10.9. The average Bonchev–Trinajstić information content (AvgIpc) is 2.58. The molecule has 0 bridgehead atoms. The number of carbonyl (C=O) groups is 2. The van der Waals surface area contributed by atoms with Crippen LogP contribution in [0.15, 0.2) is 0 Å². The Morgan fingerprint density at radius 1 is 0.542 bits per heavy atom. The largest absolute Gasteiger partial charge is 0.297 e. The van der Waals surface area contributed by atoms with Crippen LogP contribution in [-0.2, 0) is 19.4 Å². The third-order valence-corrected chi connectivity index (χ3v) is 4.14. The van der Waals surface area contributed by atoms with E-state index in [0.29, 0.717) is 12.8 Å². The first-order valence-corrected chi connectivity index (χ1v) is 9.98. The minimum Gasteiger partial charge on any atom is -0.297 e. The summed E-state index contributed by atoms with van der Waals surface area (Å²) in [6.45, 7) is 4.30. The van der Waals surface area contributed by atoms with E-state index in [-0.39, 0.29) is 24.8 Å². The van der Waals surface area contributed by atoms with Crippen LogP contribution in [0.3, 0.4) is 0 Å². The van der Waals surface area contributed by atoms with Gasteiger partial charge in [-0.2, -0.15) is 0 Å². The molecule has 0 fully saturated rings. The van der Waals surface area contributed by atoms with Gasteiger partial charge < -0.3 is 0 Å². The number of unbranched alkanes of at least 4 members (excludes halogenated alkanes) is 10. The Balaban J connectivity index is 3.31. The predicted molar refractivity (Wildman–Crippen MR) is 97.9 cm³/mol. The molecule has 0 aliphatic carbocycles. The van der Waals surface area contributed by atoms with E-state index in [1.807, 2.05) is 0 Å². The Morgan fingerprint density at radius 3 is 1.25 bits per heavy atom. The quantitative estimate of drug-likeness (QED) is 0.175. The lowest BCUT2D eigenvalue weighted by molar-refractivity contribution is -0.283. The Labute approximate surface area is 148 Å². The van der Waals surface area contributed by atoms with Crippen molar-refractivity contribution in [3.63, 3.8) is 0 Å². The van der Waals surface area contributed by atoms with Crippen LogP contribution in [-0.4, -0.2) is 24.8 Å². The lowest BCUT2D eigenvalue weighted by Gasteiger charge is -2.04. The Morgan fingerprint density at radius 2 is 0.875 bits per heavy atom. The monoisotopic (exact) mass is 342 g/mol. The summed E-state index contributed by atoms with van der Waals surface area (Å²) in [5, 5.41) is 0. The molecule has 0 aliphatic rings. The summed E-state index contributed by atoms with van der Waals surface area (Å²) in [7, 11) is 0. The molecule has 0 N–H and O–H groups in total. The maximum absolute atomic E-state index is 11.6. The number of carbonyl (C=O) groups excluding carboxylic acids is 2. The highest BCUT2D eigenvalue weighted by molar-refractivity contribution is 5.80. The number of rotatable bonds is 19. The molecule has 0 saturated carbocycles. The van der Waals surface area contributed by atoms with Gasteiger partial charge in [0.25, 0.3) is 0 Å². The third kappa shape index (κ3) is 17.6. The summed E-state index contributed by atoms with van der Waals surface area (Å²) in [4.78, 5) is 32.9. The first-order valence-electron chi connectivity index (χ1n) is 9.98. The fourth-order valence-corrected chi connectivity index (χ4v) is 2.56. The van der Waals surface area contributed by atoms with Gasteiger partial charge in [-0.3, -0.25) is 9.59 Å². The van der Waals surface area contributed by atoms with Gasteiger partial charge in [0.1, 0.15) is 13.2 Å². The topological polar surface area (TPSA) is 52.6 Å². The molecule has 0 unspecified atom stereocenters. The van der Waals surface area contributed by atoms with Crippen molar-refractivity contribution in [2.24, 2.45) is 0 Å². The summed E-state index contributed by atoms with van der Waals surface area (Å²) in [6, 6.07) is 0. The highest BCUT2D eigenvalue weighted by atomic mass is 17.2. The van der Waals surface area contributed by atoms with E-state index < -0.39 is 0 Å². The van der Waals surface area contributed by atoms with Crippen molar-refractivity contribution in [3.8, 4) is 0 Å². The second kappa shape index (κ2) is 18.6. The highest BCUT2D eigenvalue weighted by Crippen LogP contribution is 2.08. The minimum atomic E-state index is -0.0424. The predicted octanol–water partition coefficient (Wildman–Crippen LogP) is 5.57. The first kappa shape index (κ1) is 23.3. The smallest absolute Gasteiger partial charge is 0.161 e. The van der Waals surface area contributed by atoms with Gasteiger partial charge in [-0.05, 0) is 12.8 Å². The van der Waals surface area contributed by atoms with Crippen molar-refractivity contribution in [3.05, 3.63) is 0 Å². The second-order valence-corrected chi connectivity index (χ2v) is 6.64. The molecule has 0 spiro atoms. The van der Waals surface area contributed by atoms with Crippen molar-refractivity contribution in [1.82, 2.24) is 0 Å². The van der Waals surface area contributed by atoms with E-state index in [1.54, 1.807) is 0 Å². The molecular formula is C20H38O4. The van der Waals surface area contributed by atoms with Crippen LogP contribution >= 0.6 is 0 Å². The molecule has 0 rings (SSSR count). The zero-order chi connectivity index (χ0) is 17.9. The van der Waals surface area contributed by atoms with Crippen LogP contribution in [0.1, 0.15) is 104 Å². The molecule has 0 aromatic heterocycles. The molecule has 4 nitrogen and oxygen atoms in total. The second-order valence-electron chi connectivity index (χ2n) is 6.64. The number of hydrogen-bond acceptors (Lipinski definition) is 4. The van der Waals surface area contributed by atoms with E-state index in [2.05, 4.69) is 13.8 Å². The molecule has 0 atom stereocenters. The minimum absolute atomic E-state index is 0.0424. The summed E-state index contributed by atoms with van der Waals surface area (Å²) in [5.41, 5.74) is 0. The number of Topliss-reactive ketones (excluding diaryl/α,β-unsaturated/α-hetero) is 2. The fourth-order valence-electron chi connectivity index (χ4n) is 2.56. The van der Waals surface area contributed by atoms with Gasteiger partial charge in [0.15, 0.2) is 11.6 Å². The van der Waals surface area contributed by atoms with Crippen LogP contribution in [0, 0.1) is 0 Å². The lowest BCUT2D eigenvalue weighted by atomic mass is 10.1. The highest BCUT2D eigenvalue weighted by Gasteiger charge is 2.06. The Kier molecular flexibility index (Phi) is 18.0. The van der Waals surface area contributed by atoms with Crippen LogP contribution < -0.4 is 0 Å². The van der Waals surface area contributed by atoms with Gasteiger partial charge in [0.2, 0.25) is 0 Å². The molecule has 0 aliphatic heterocycles. The molecule has 24 heavy (non-hydrogen) atoms. The maximum atomic E-state index is 11.6. The summed E-state index contributed by atoms with van der Waals surface area (Å²) < 4.78 is 0. The van der Waals surface area contributed by atoms with Gasteiger partial charge in [-0.1, -0.05) is 78.1 Å². The van der Waals surface area contributed by atoms with Gasteiger partial charge >= 0.3 is 0 Å². The molecule has 0 aromatic carbocycles. The SMILES string of the molecule is CCCCCCCCC(=O)COOCC(=O)CCCCCCCC. The van der Waals surface area contributed by atoms with Crippen LogP contribution in [0.4, 0.5) is 0 Å². The van der Waals surface area contributed by atoms with E-state index in [0.717, 1.165) is 25.7 Å². The van der Waals surface area contributed by atoms with Crippen molar-refractivity contribution in [2.45, 2.75) is 104 Å². The molecule has 0 amide bonds. The molecule has 4 heteroatoms. The maximum Gasteiger partial charge on any atom is 0.161 e. The molecule has 0 saturated heterocycles. The van der Waals surface area contributed by atoms with Crippen molar-refractivity contribution < 1.29 is 19.4 Å². The zero-order valence-corrected chi connectivity index (χ0v) is 15.9. The van der Waals surface area contributed by atoms with Crippen LogP contribution in [0.2, 0.25) is 0 Å². The zero-order valence-electron chi connectivity index (χ0n) is 15.9. The van der Waals surface area contributed by atoms with Crippen LogP contribution in [0.25, 0.3) is 0 Å². The summed E-state index contributed by atoms with van der Waals surface area (Å²) in [5.74, 6) is 0.0997. The molecule has 0 aromatic rings. The standard InChI is InChI=1S/C20H38O4/c1-3-5-7-9-11-13-15-19(21)17-23-24-18-20(22)16-14-12-10-8-6-4-2/h3-18H2,1-2H3.